The van der Waals surface area contributed by atoms with Crippen molar-refractivity contribution in [3.8, 4) is 11.1 Å². The number of halogens is 3. The first-order valence-corrected chi connectivity index (χ1v) is 15.1. The number of amides is 2. The molecule has 0 bridgehead atoms. The van der Waals surface area contributed by atoms with E-state index in [-0.39, 0.29) is 18.9 Å². The van der Waals surface area contributed by atoms with Crippen LogP contribution in [-0.2, 0) is 41.7 Å². The van der Waals surface area contributed by atoms with Crippen molar-refractivity contribution in [3.63, 3.8) is 0 Å². The fourth-order valence-corrected chi connectivity index (χ4v) is 5.70. The number of nitrogens with zero attached hydrogens (tertiary/aromatic N) is 4. The number of carbonyl (C=O) groups is 2. The number of benzene rings is 3. The van der Waals surface area contributed by atoms with Crippen molar-refractivity contribution in [2.24, 2.45) is 0 Å². The SMILES string of the molecule is O=C(C(Cc1ccon1)N(Cc1ccc(-c2ccncc2)cc1)C(=O)C=Cc1ccc(C(F)(F)F)cc1)N1CCc2ccccc2C1. The number of pyridine rings is 1. The van der Waals surface area contributed by atoms with Crippen molar-refractivity contribution in [1.29, 1.82) is 0 Å². The number of hydrogen-bond acceptors (Lipinski definition) is 5. The first kappa shape index (κ1) is 31.5. The first-order chi connectivity index (χ1) is 22.7. The molecule has 10 heteroatoms. The van der Waals surface area contributed by atoms with E-state index in [0.29, 0.717) is 30.8 Å². The monoisotopic (exact) mass is 636 g/mol. The highest BCUT2D eigenvalue weighted by atomic mass is 19.4. The van der Waals surface area contributed by atoms with Crippen LogP contribution in [0.2, 0.25) is 0 Å². The van der Waals surface area contributed by atoms with Crippen LogP contribution >= 0.6 is 0 Å². The molecule has 0 saturated carbocycles. The van der Waals surface area contributed by atoms with E-state index in [4.69, 9.17) is 4.52 Å². The average molecular weight is 637 g/mol. The van der Waals surface area contributed by atoms with E-state index in [2.05, 4.69) is 16.2 Å². The second-order valence-electron chi connectivity index (χ2n) is 11.3. The third-order valence-corrected chi connectivity index (χ3v) is 8.26. The molecule has 6 rings (SSSR count). The molecule has 2 amide bonds. The summed E-state index contributed by atoms with van der Waals surface area (Å²) in [4.78, 5) is 35.7. The molecule has 1 aliphatic rings. The number of rotatable bonds is 9. The minimum atomic E-state index is -4.47. The molecule has 47 heavy (non-hydrogen) atoms. The summed E-state index contributed by atoms with van der Waals surface area (Å²) in [6, 6.07) is 24.8. The van der Waals surface area contributed by atoms with Crippen LogP contribution in [-0.4, -0.2) is 44.3 Å². The van der Waals surface area contributed by atoms with Gasteiger partial charge in [0.15, 0.2) is 0 Å². The van der Waals surface area contributed by atoms with Crippen LogP contribution in [0.5, 0.6) is 0 Å². The molecule has 0 aliphatic carbocycles. The lowest BCUT2D eigenvalue weighted by Crippen LogP contribution is -2.52. The van der Waals surface area contributed by atoms with Crippen LogP contribution in [0.3, 0.4) is 0 Å². The summed E-state index contributed by atoms with van der Waals surface area (Å²) in [6.45, 7) is 1.01. The second-order valence-corrected chi connectivity index (χ2v) is 11.3. The Morgan fingerprint density at radius 3 is 2.28 bits per heavy atom. The Hall–Kier alpha value is -5.51. The van der Waals surface area contributed by atoms with Gasteiger partial charge in [0.05, 0.1) is 11.3 Å². The second kappa shape index (κ2) is 13.9. The quantitative estimate of drug-likeness (QED) is 0.163. The van der Waals surface area contributed by atoms with Crippen LogP contribution in [0.25, 0.3) is 17.2 Å². The van der Waals surface area contributed by atoms with Gasteiger partial charge in [-0.05, 0) is 70.1 Å². The van der Waals surface area contributed by atoms with Crippen molar-refractivity contribution in [3.05, 3.63) is 149 Å². The van der Waals surface area contributed by atoms with Gasteiger partial charge in [-0.25, -0.2) is 0 Å². The van der Waals surface area contributed by atoms with Crippen molar-refractivity contribution < 1.29 is 27.3 Å². The Kier molecular flexibility index (Phi) is 9.28. The van der Waals surface area contributed by atoms with Gasteiger partial charge in [0.1, 0.15) is 12.3 Å². The Morgan fingerprint density at radius 2 is 1.60 bits per heavy atom. The standard InChI is InChI=1S/C37H31F3N4O3/c38-37(39,40)32-12-7-26(8-13-32)9-14-35(45)44(24-27-5-10-29(11-6-27)30-15-19-41-20-16-30)34(23-33-18-22-47-42-33)36(46)43-21-17-28-3-1-2-4-31(28)25-43/h1-16,18-20,22,34H,17,21,23-25H2. The molecular weight excluding hydrogens is 605 g/mol. The van der Waals surface area contributed by atoms with Crippen LogP contribution in [0, 0.1) is 0 Å². The number of hydrogen-bond donors (Lipinski definition) is 0. The number of aromatic nitrogens is 2. The lowest BCUT2D eigenvalue weighted by Gasteiger charge is -2.36. The van der Waals surface area contributed by atoms with Gasteiger partial charge in [0, 0.05) is 50.6 Å². The van der Waals surface area contributed by atoms with Crippen molar-refractivity contribution in [1.82, 2.24) is 19.9 Å². The summed E-state index contributed by atoms with van der Waals surface area (Å²) in [6.07, 6.45) is 3.93. The van der Waals surface area contributed by atoms with E-state index in [0.717, 1.165) is 34.4 Å². The molecule has 1 aliphatic heterocycles. The molecule has 0 saturated heterocycles. The molecule has 7 nitrogen and oxygen atoms in total. The van der Waals surface area contributed by atoms with Gasteiger partial charge in [-0.2, -0.15) is 13.2 Å². The maximum atomic E-state index is 14.4. The van der Waals surface area contributed by atoms with Gasteiger partial charge < -0.3 is 14.3 Å². The van der Waals surface area contributed by atoms with Gasteiger partial charge in [-0.1, -0.05) is 65.8 Å². The molecule has 2 aromatic heterocycles. The maximum absolute atomic E-state index is 14.4. The minimum Gasteiger partial charge on any atom is -0.365 e. The molecule has 1 atom stereocenters. The molecule has 1 unspecified atom stereocenters. The summed E-state index contributed by atoms with van der Waals surface area (Å²) in [5, 5.41) is 4.04. The van der Waals surface area contributed by atoms with E-state index in [1.807, 2.05) is 54.6 Å². The maximum Gasteiger partial charge on any atom is 0.416 e. The predicted molar refractivity (Wildman–Crippen MR) is 170 cm³/mol. The molecule has 0 spiro atoms. The van der Waals surface area contributed by atoms with Gasteiger partial charge >= 0.3 is 6.18 Å². The number of fused-ring (bicyclic) bond motifs is 1. The van der Waals surface area contributed by atoms with Crippen molar-refractivity contribution in [2.45, 2.75) is 38.1 Å². The van der Waals surface area contributed by atoms with E-state index < -0.39 is 23.7 Å². The lowest BCUT2D eigenvalue weighted by atomic mass is 9.98. The third-order valence-electron chi connectivity index (χ3n) is 8.26. The largest absolute Gasteiger partial charge is 0.416 e. The lowest BCUT2D eigenvalue weighted by molar-refractivity contribution is -0.144. The van der Waals surface area contributed by atoms with Crippen LogP contribution < -0.4 is 0 Å². The Labute approximate surface area is 270 Å². The molecule has 0 N–H and O–H groups in total. The molecule has 3 heterocycles. The van der Waals surface area contributed by atoms with E-state index in [9.17, 15) is 22.8 Å². The third kappa shape index (κ3) is 7.66. The molecule has 5 aromatic rings. The summed E-state index contributed by atoms with van der Waals surface area (Å²) in [5.41, 5.74) is 5.14. The average Bonchev–Trinajstić information content (AvgIpc) is 3.62. The fourth-order valence-electron chi connectivity index (χ4n) is 5.70. The van der Waals surface area contributed by atoms with Crippen LogP contribution in [0.1, 0.15) is 33.5 Å². The Bertz CT molecular complexity index is 1840. The molecule has 3 aromatic carbocycles. The molecule has 0 fully saturated rings. The Balaban J connectivity index is 1.32. The van der Waals surface area contributed by atoms with E-state index in [1.165, 1.54) is 41.0 Å². The molecule has 0 radical (unpaired) electrons. The van der Waals surface area contributed by atoms with Crippen LogP contribution in [0.4, 0.5) is 13.2 Å². The van der Waals surface area contributed by atoms with Gasteiger partial charge in [0.2, 0.25) is 11.8 Å². The minimum absolute atomic E-state index is 0.103. The number of carbonyl (C=O) groups excluding carboxylic acids is 2. The first-order valence-electron chi connectivity index (χ1n) is 15.1. The van der Waals surface area contributed by atoms with Crippen LogP contribution in [0.15, 0.2) is 120 Å². The summed E-state index contributed by atoms with van der Waals surface area (Å²) >= 11 is 0. The normalized spacial score (nSPS) is 13.7. The zero-order valence-corrected chi connectivity index (χ0v) is 25.3. The topological polar surface area (TPSA) is 79.5 Å². The van der Waals surface area contributed by atoms with Crippen molar-refractivity contribution >= 4 is 17.9 Å². The zero-order chi connectivity index (χ0) is 32.8. The predicted octanol–water partition coefficient (Wildman–Crippen LogP) is 6.99. The number of alkyl halides is 3. The van der Waals surface area contributed by atoms with Crippen molar-refractivity contribution in [2.75, 3.05) is 6.54 Å². The van der Waals surface area contributed by atoms with Gasteiger partial charge in [-0.3, -0.25) is 14.6 Å². The highest BCUT2D eigenvalue weighted by Crippen LogP contribution is 2.29. The highest BCUT2D eigenvalue weighted by molar-refractivity contribution is 5.95. The molecular formula is C37H31F3N4O3. The van der Waals surface area contributed by atoms with Gasteiger partial charge in [-0.15, -0.1) is 0 Å². The van der Waals surface area contributed by atoms with E-state index >= 15 is 0 Å². The highest BCUT2D eigenvalue weighted by Gasteiger charge is 2.35. The Morgan fingerprint density at radius 1 is 0.894 bits per heavy atom. The summed E-state index contributed by atoms with van der Waals surface area (Å²) < 4.78 is 44.3. The fraction of sp³-hybridized carbons (Fsp3) is 0.189. The van der Waals surface area contributed by atoms with E-state index in [1.54, 1.807) is 23.4 Å². The smallest absolute Gasteiger partial charge is 0.365 e. The van der Waals surface area contributed by atoms with Gasteiger partial charge in [0.25, 0.3) is 0 Å². The zero-order valence-electron chi connectivity index (χ0n) is 25.3. The molecule has 238 valence electrons. The summed E-state index contributed by atoms with van der Waals surface area (Å²) in [7, 11) is 0. The summed E-state index contributed by atoms with van der Waals surface area (Å²) in [5.74, 6) is -0.699.